The fourth-order valence-electron chi connectivity index (χ4n) is 1.46. The van der Waals surface area contributed by atoms with E-state index >= 15 is 0 Å². The molecule has 2 aromatic rings. The quantitative estimate of drug-likeness (QED) is 0.672. The van der Waals surface area contributed by atoms with E-state index in [-0.39, 0.29) is 0 Å². The Morgan fingerprint density at radius 3 is 2.80 bits per heavy atom. The number of aromatic nitrogens is 2. The number of aryl methyl sites for hydroxylation is 1. The monoisotopic (exact) mass is 198 g/mol. The van der Waals surface area contributed by atoms with Gasteiger partial charge in [0.05, 0.1) is 24.8 Å². The summed E-state index contributed by atoms with van der Waals surface area (Å²) in [6.07, 6.45) is 3.69. The average Bonchev–Trinajstić information content (AvgIpc) is 2.64. The fraction of sp³-hybridized carbons (Fsp3) is 0.182. The van der Waals surface area contributed by atoms with Crippen LogP contribution in [0.1, 0.15) is 5.69 Å². The van der Waals surface area contributed by atoms with E-state index in [2.05, 4.69) is 4.98 Å². The van der Waals surface area contributed by atoms with Gasteiger partial charge in [0.15, 0.2) is 0 Å². The zero-order chi connectivity index (χ0) is 10.8. The van der Waals surface area contributed by atoms with E-state index in [1.165, 1.54) is 0 Å². The SMILES string of the molecule is [B]c1ccc(-n2cnc(C)c2)c(OC)c1. The molecule has 0 saturated heterocycles. The van der Waals surface area contributed by atoms with Gasteiger partial charge in [0.1, 0.15) is 13.6 Å². The maximum Gasteiger partial charge on any atom is 0.142 e. The molecule has 0 spiro atoms. The minimum Gasteiger partial charge on any atom is -0.495 e. The van der Waals surface area contributed by atoms with Crippen LogP contribution in [-0.4, -0.2) is 24.5 Å². The van der Waals surface area contributed by atoms with Gasteiger partial charge in [-0.15, -0.1) is 0 Å². The molecule has 2 rings (SSSR count). The standard InChI is InChI=1S/C11H11BN2O/c1-8-6-14(7-13-8)10-4-3-9(12)5-11(10)15-2/h3-7H,1-2H3. The van der Waals surface area contributed by atoms with Gasteiger partial charge in [-0.05, 0) is 19.1 Å². The molecule has 0 saturated carbocycles. The summed E-state index contributed by atoms with van der Waals surface area (Å²) in [7, 11) is 7.31. The van der Waals surface area contributed by atoms with Crippen LogP contribution in [0.3, 0.4) is 0 Å². The predicted molar refractivity (Wildman–Crippen MR) is 60.2 cm³/mol. The van der Waals surface area contributed by atoms with E-state index in [0.29, 0.717) is 5.46 Å². The molecule has 0 unspecified atom stereocenters. The number of hydrogen-bond acceptors (Lipinski definition) is 2. The first-order valence-electron chi connectivity index (χ1n) is 4.65. The van der Waals surface area contributed by atoms with Crippen LogP contribution >= 0.6 is 0 Å². The molecule has 1 aromatic heterocycles. The topological polar surface area (TPSA) is 27.1 Å². The molecule has 3 nitrogen and oxygen atoms in total. The summed E-state index contributed by atoms with van der Waals surface area (Å²) < 4.78 is 7.17. The van der Waals surface area contributed by atoms with Crippen molar-refractivity contribution in [1.82, 2.24) is 9.55 Å². The molecular weight excluding hydrogens is 187 g/mol. The Kier molecular flexibility index (Phi) is 2.50. The first-order valence-corrected chi connectivity index (χ1v) is 4.65. The van der Waals surface area contributed by atoms with Crippen molar-refractivity contribution >= 4 is 13.3 Å². The Bertz CT molecular complexity index is 479. The van der Waals surface area contributed by atoms with Gasteiger partial charge in [-0.3, -0.25) is 0 Å². The zero-order valence-corrected chi connectivity index (χ0v) is 8.77. The van der Waals surface area contributed by atoms with Crippen molar-refractivity contribution in [3.8, 4) is 11.4 Å². The van der Waals surface area contributed by atoms with Crippen LogP contribution < -0.4 is 10.2 Å². The second-order valence-corrected chi connectivity index (χ2v) is 3.35. The lowest BCUT2D eigenvalue weighted by Crippen LogP contribution is -2.05. The molecule has 1 heterocycles. The molecule has 0 N–H and O–H groups in total. The highest BCUT2D eigenvalue weighted by Crippen LogP contribution is 2.20. The molecule has 0 fully saturated rings. The molecule has 0 aliphatic carbocycles. The minimum absolute atomic E-state index is 0.687. The maximum atomic E-state index is 5.68. The molecule has 0 bridgehead atoms. The van der Waals surface area contributed by atoms with Crippen molar-refractivity contribution in [2.24, 2.45) is 0 Å². The third-order valence-corrected chi connectivity index (χ3v) is 2.19. The third kappa shape index (κ3) is 1.88. The largest absolute Gasteiger partial charge is 0.495 e. The van der Waals surface area contributed by atoms with Crippen molar-refractivity contribution in [2.45, 2.75) is 6.92 Å². The zero-order valence-electron chi connectivity index (χ0n) is 8.77. The van der Waals surface area contributed by atoms with Crippen LogP contribution in [0.25, 0.3) is 5.69 Å². The second-order valence-electron chi connectivity index (χ2n) is 3.35. The first kappa shape index (κ1) is 9.83. The summed E-state index contributed by atoms with van der Waals surface area (Å²) >= 11 is 0. The van der Waals surface area contributed by atoms with Crippen molar-refractivity contribution in [1.29, 1.82) is 0 Å². The lowest BCUT2D eigenvalue weighted by Gasteiger charge is -2.09. The maximum absolute atomic E-state index is 5.68. The fourth-order valence-corrected chi connectivity index (χ4v) is 1.46. The predicted octanol–water partition coefficient (Wildman–Crippen LogP) is 0.983. The van der Waals surface area contributed by atoms with E-state index in [1.807, 2.05) is 29.8 Å². The molecule has 74 valence electrons. The normalized spacial score (nSPS) is 10.3. The van der Waals surface area contributed by atoms with E-state index in [9.17, 15) is 0 Å². The summed E-state index contributed by atoms with van der Waals surface area (Å²) in [6, 6.07) is 5.55. The van der Waals surface area contributed by atoms with Crippen LogP contribution in [0.2, 0.25) is 0 Å². The van der Waals surface area contributed by atoms with E-state index in [0.717, 1.165) is 17.1 Å². The molecule has 2 radical (unpaired) electrons. The molecule has 15 heavy (non-hydrogen) atoms. The number of benzene rings is 1. The van der Waals surface area contributed by atoms with Crippen LogP contribution in [0.15, 0.2) is 30.7 Å². The summed E-state index contributed by atoms with van der Waals surface area (Å²) in [6.45, 7) is 1.94. The van der Waals surface area contributed by atoms with Crippen LogP contribution in [0, 0.1) is 6.92 Å². The average molecular weight is 198 g/mol. The van der Waals surface area contributed by atoms with Crippen molar-refractivity contribution in [3.63, 3.8) is 0 Å². The number of nitrogens with zero attached hydrogens (tertiary/aromatic N) is 2. The van der Waals surface area contributed by atoms with Gasteiger partial charge in [0, 0.05) is 6.20 Å². The van der Waals surface area contributed by atoms with Crippen molar-refractivity contribution in [3.05, 3.63) is 36.4 Å². The van der Waals surface area contributed by atoms with Gasteiger partial charge < -0.3 is 9.30 Å². The first-order chi connectivity index (χ1) is 7.20. The van der Waals surface area contributed by atoms with E-state index in [1.54, 1.807) is 19.5 Å². The molecule has 0 atom stereocenters. The van der Waals surface area contributed by atoms with Gasteiger partial charge in [-0.2, -0.15) is 0 Å². The van der Waals surface area contributed by atoms with Gasteiger partial charge in [-0.1, -0.05) is 11.5 Å². The Morgan fingerprint density at radius 2 is 2.20 bits per heavy atom. The van der Waals surface area contributed by atoms with Crippen LogP contribution in [0.5, 0.6) is 5.75 Å². The second kappa shape index (κ2) is 3.81. The summed E-state index contributed by atoms with van der Waals surface area (Å²) in [5, 5.41) is 0. The van der Waals surface area contributed by atoms with E-state index < -0.39 is 0 Å². The highest BCUT2D eigenvalue weighted by molar-refractivity contribution is 6.32. The van der Waals surface area contributed by atoms with Crippen LogP contribution in [-0.2, 0) is 0 Å². The van der Waals surface area contributed by atoms with Gasteiger partial charge in [-0.25, -0.2) is 4.98 Å². The van der Waals surface area contributed by atoms with Crippen LogP contribution in [0.4, 0.5) is 0 Å². The Hall–Kier alpha value is -1.71. The molecule has 1 aromatic carbocycles. The number of imidazole rings is 1. The lowest BCUT2D eigenvalue weighted by molar-refractivity contribution is 0.413. The van der Waals surface area contributed by atoms with Gasteiger partial charge >= 0.3 is 0 Å². The summed E-state index contributed by atoms with van der Waals surface area (Å²) in [5.41, 5.74) is 2.59. The highest BCUT2D eigenvalue weighted by Gasteiger charge is 2.05. The molecule has 0 aliphatic rings. The third-order valence-electron chi connectivity index (χ3n) is 2.19. The van der Waals surface area contributed by atoms with Gasteiger partial charge in [0.25, 0.3) is 0 Å². The molecule has 0 aliphatic heterocycles. The minimum atomic E-state index is 0.687. The van der Waals surface area contributed by atoms with Gasteiger partial charge in [0.2, 0.25) is 0 Å². The Balaban J connectivity index is 2.52. The Labute approximate surface area is 90.1 Å². The summed E-state index contributed by atoms with van der Waals surface area (Å²) in [5.74, 6) is 0.743. The van der Waals surface area contributed by atoms with E-state index in [4.69, 9.17) is 12.6 Å². The molecule has 0 amide bonds. The number of ether oxygens (including phenoxy) is 1. The van der Waals surface area contributed by atoms with Crippen molar-refractivity contribution in [2.75, 3.05) is 7.11 Å². The number of rotatable bonds is 2. The lowest BCUT2D eigenvalue weighted by atomic mass is 9.96. The number of methoxy groups -OCH3 is 1. The molecular formula is C11H11BN2O. The molecule has 4 heteroatoms. The highest BCUT2D eigenvalue weighted by atomic mass is 16.5. The number of hydrogen-bond donors (Lipinski definition) is 0. The van der Waals surface area contributed by atoms with Crippen molar-refractivity contribution < 1.29 is 4.74 Å². The smallest absolute Gasteiger partial charge is 0.142 e. The summed E-state index contributed by atoms with van der Waals surface area (Å²) in [4.78, 5) is 4.17. The Morgan fingerprint density at radius 1 is 1.40 bits per heavy atom.